The molecule has 14 heavy (non-hydrogen) atoms. The van der Waals surface area contributed by atoms with Crippen molar-refractivity contribution in [1.29, 1.82) is 0 Å². The Bertz CT molecular complexity index is 223. The van der Waals surface area contributed by atoms with Gasteiger partial charge in [0.2, 0.25) is 0 Å². The number of halogens is 2. The molecule has 0 aromatic carbocycles. The largest absolute Gasteiger partial charge is 0.309 e. The zero-order chi connectivity index (χ0) is 11.4. The molecule has 88 valence electrons. The second kappa shape index (κ2) is 5.98. The Hall–Kier alpha value is 1.09. The average Bonchev–Trinajstić information content (AvgIpc) is 1.99. The van der Waals surface area contributed by atoms with Gasteiger partial charge in [-0.25, -0.2) is 4.84 Å². The van der Waals surface area contributed by atoms with Crippen molar-refractivity contribution < 1.29 is 4.21 Å². The molecule has 0 aliphatic rings. The third-order valence-corrected chi connectivity index (χ3v) is 6.88. The summed E-state index contributed by atoms with van der Waals surface area (Å²) >= 11 is 7.66. The molecule has 3 nitrogen and oxygen atoms in total. The van der Waals surface area contributed by atoms with E-state index in [1.165, 1.54) is 0 Å². The van der Waals surface area contributed by atoms with Crippen LogP contribution in [0.5, 0.6) is 0 Å². The molecule has 0 fully saturated rings. The van der Waals surface area contributed by atoms with Crippen LogP contribution in [0.3, 0.4) is 0 Å². The van der Waals surface area contributed by atoms with Crippen molar-refractivity contribution in [1.82, 2.24) is 9.74 Å². The third-order valence-electron chi connectivity index (χ3n) is 1.77. The lowest BCUT2D eigenvalue weighted by atomic mass is 10.1. The van der Waals surface area contributed by atoms with Gasteiger partial charge in [0.25, 0.3) is 0 Å². The van der Waals surface area contributed by atoms with Crippen LogP contribution >= 0.6 is 33.0 Å². The van der Waals surface area contributed by atoms with E-state index >= 15 is 0 Å². The van der Waals surface area contributed by atoms with Crippen molar-refractivity contribution in [3.05, 3.63) is 0 Å². The van der Waals surface area contributed by atoms with E-state index in [0.717, 1.165) is 12.3 Å². The molecule has 1 N–H and O–H groups in total. The van der Waals surface area contributed by atoms with Crippen LogP contribution in [-0.2, 0) is 7.10 Å². The Morgan fingerprint density at radius 2 is 2.00 bits per heavy atom. The zero-order valence-corrected chi connectivity index (χ0v) is 13.0. The second-order valence-corrected chi connectivity index (χ2v) is 12.3. The van der Waals surface area contributed by atoms with Crippen LogP contribution in [-0.4, -0.2) is 46.8 Å². The van der Waals surface area contributed by atoms with E-state index in [-0.39, 0.29) is 5.54 Å². The van der Waals surface area contributed by atoms with Crippen molar-refractivity contribution in [2.24, 2.45) is 0 Å². The van der Waals surface area contributed by atoms with E-state index in [2.05, 4.69) is 26.0 Å². The number of thiol groups is 1. The number of nitrogens with one attached hydrogen (secondary N) is 1. The lowest BCUT2D eigenvalue weighted by molar-refractivity contribution is 0.434. The Kier molecular flexibility index (Phi) is 6.45. The summed E-state index contributed by atoms with van der Waals surface area (Å²) in [6.45, 7) is 4.78. The Balaban J connectivity index is 4.14. The number of hydrogen-bond acceptors (Lipinski definition) is 3. The van der Waals surface area contributed by atoms with Crippen LogP contribution in [0.4, 0.5) is 0 Å². The Morgan fingerprint density at radius 3 is 2.36 bits per heavy atom. The smallest absolute Gasteiger partial charge is 0.0378 e. The molecule has 0 spiro atoms. The van der Waals surface area contributed by atoms with Gasteiger partial charge in [0.05, 0.1) is 0 Å². The summed E-state index contributed by atoms with van der Waals surface area (Å²) in [6.07, 6.45) is 0. The minimum Gasteiger partial charge on any atom is -0.309 e. The van der Waals surface area contributed by atoms with E-state index in [9.17, 15) is 4.21 Å². The first-order chi connectivity index (χ1) is 6.18. The summed E-state index contributed by atoms with van der Waals surface area (Å²) < 4.78 is 12.2. The third kappa shape index (κ3) is 7.39. The lowest BCUT2D eigenvalue weighted by Crippen LogP contribution is -2.42. The molecule has 0 aromatic heterocycles. The first-order valence-corrected chi connectivity index (χ1v) is 9.73. The van der Waals surface area contributed by atoms with Crippen LogP contribution in [0.15, 0.2) is 0 Å². The van der Waals surface area contributed by atoms with Gasteiger partial charge in [-0.1, -0.05) is 7.10 Å². The van der Waals surface area contributed by atoms with Crippen molar-refractivity contribution in [3.63, 3.8) is 0 Å². The molecule has 0 aliphatic heterocycles. The maximum Gasteiger partial charge on any atom is 0.0378 e. The minimum absolute atomic E-state index is 0.259. The molecule has 0 heterocycles. The van der Waals surface area contributed by atoms with E-state index < -0.39 is 7.10 Å². The SMILES string of the molecule is CN(C)CC[SH](=O)(I)CC(C)(C)NCl. The number of nitrogens with zero attached hydrogens (tertiary/aromatic N) is 1. The van der Waals surface area contributed by atoms with Gasteiger partial charge in [-0.05, 0) is 39.7 Å². The van der Waals surface area contributed by atoms with Crippen LogP contribution in [0.2, 0.25) is 0 Å². The van der Waals surface area contributed by atoms with Gasteiger partial charge in [-0.2, -0.15) is 0 Å². The lowest BCUT2D eigenvalue weighted by Gasteiger charge is -2.29. The normalized spacial score (nSPS) is 14.8. The molecular weight excluding hydrogens is 335 g/mol. The summed E-state index contributed by atoms with van der Waals surface area (Å²) in [5.41, 5.74) is -0.259. The van der Waals surface area contributed by atoms with Crippen molar-refractivity contribution in [2.45, 2.75) is 19.4 Å². The van der Waals surface area contributed by atoms with Gasteiger partial charge in [0.1, 0.15) is 0 Å². The molecule has 0 saturated carbocycles. The standard InChI is InChI=1S/C8H20ClIN2OS/c1-8(2,11-9)7-14(10,13)6-5-12(3)4/h11,14H,5-7H2,1-4H3. The monoisotopic (exact) mass is 354 g/mol. The van der Waals surface area contributed by atoms with E-state index in [1.807, 2.05) is 32.8 Å². The van der Waals surface area contributed by atoms with Gasteiger partial charge in [-0.3, -0.25) is 4.21 Å². The molecule has 0 atom stereocenters. The summed E-state index contributed by atoms with van der Waals surface area (Å²) in [4.78, 5) is 4.71. The fourth-order valence-corrected chi connectivity index (χ4v) is 6.53. The Morgan fingerprint density at radius 1 is 1.50 bits per heavy atom. The molecule has 0 unspecified atom stereocenters. The van der Waals surface area contributed by atoms with E-state index in [0.29, 0.717) is 5.75 Å². The summed E-state index contributed by atoms with van der Waals surface area (Å²) in [5.74, 6) is 1.36. The maximum atomic E-state index is 12.2. The highest BCUT2D eigenvalue weighted by Gasteiger charge is 2.24. The molecule has 0 aromatic rings. The summed E-state index contributed by atoms with van der Waals surface area (Å²) in [6, 6.07) is 0. The quantitative estimate of drug-likeness (QED) is 0.328. The van der Waals surface area contributed by atoms with Crippen LogP contribution in [0.25, 0.3) is 0 Å². The van der Waals surface area contributed by atoms with Gasteiger partial charge in [0.15, 0.2) is 0 Å². The van der Waals surface area contributed by atoms with Gasteiger partial charge in [-0.15, -0.1) is 0 Å². The van der Waals surface area contributed by atoms with E-state index in [4.69, 9.17) is 11.8 Å². The predicted molar refractivity (Wildman–Crippen MR) is 74.9 cm³/mol. The highest BCUT2D eigenvalue weighted by molar-refractivity contribution is 14.2. The molecule has 0 bridgehead atoms. The fraction of sp³-hybridized carbons (Fsp3) is 1.00. The molecule has 0 rings (SSSR count). The van der Waals surface area contributed by atoms with Crippen molar-refractivity contribution in [2.75, 3.05) is 32.1 Å². The maximum absolute atomic E-state index is 12.2. The van der Waals surface area contributed by atoms with Crippen LogP contribution < -0.4 is 4.84 Å². The fourth-order valence-electron chi connectivity index (χ4n) is 1.05. The Labute approximate surface area is 105 Å². The van der Waals surface area contributed by atoms with Gasteiger partial charge < -0.3 is 4.90 Å². The highest BCUT2D eigenvalue weighted by atomic mass is 127. The average molecular weight is 355 g/mol. The van der Waals surface area contributed by atoms with Crippen molar-refractivity contribution in [3.8, 4) is 0 Å². The predicted octanol–water partition coefficient (Wildman–Crippen LogP) is 1.44. The number of hydrogen-bond donors (Lipinski definition) is 2. The highest BCUT2D eigenvalue weighted by Crippen LogP contribution is 2.21. The topological polar surface area (TPSA) is 32.3 Å². The molecule has 0 radical (unpaired) electrons. The summed E-state index contributed by atoms with van der Waals surface area (Å²) in [5, 5.41) is 0. The molecule has 0 amide bonds. The van der Waals surface area contributed by atoms with Gasteiger partial charge in [0, 0.05) is 44.8 Å². The molecule has 6 heteroatoms. The second-order valence-electron chi connectivity index (χ2n) is 4.45. The van der Waals surface area contributed by atoms with Crippen molar-refractivity contribution >= 4 is 40.1 Å². The van der Waals surface area contributed by atoms with E-state index in [1.54, 1.807) is 0 Å². The summed E-state index contributed by atoms with van der Waals surface area (Å²) in [7, 11) is 1.87. The first-order valence-electron chi connectivity index (χ1n) is 4.49. The number of rotatable bonds is 6. The first kappa shape index (κ1) is 15.1. The molecule has 0 saturated heterocycles. The van der Waals surface area contributed by atoms with Crippen LogP contribution in [0.1, 0.15) is 13.8 Å². The van der Waals surface area contributed by atoms with Crippen LogP contribution in [0, 0.1) is 0 Å². The van der Waals surface area contributed by atoms with Gasteiger partial charge >= 0.3 is 0 Å². The molecule has 0 aliphatic carbocycles. The minimum atomic E-state index is -2.10. The zero-order valence-electron chi connectivity index (χ0n) is 9.18. The molecular formula is C8H20ClIN2OS.